The van der Waals surface area contributed by atoms with Gasteiger partial charge in [-0.05, 0) is 31.5 Å². The van der Waals surface area contributed by atoms with Gasteiger partial charge >= 0.3 is 5.69 Å². The molecule has 1 amide bonds. The molecule has 1 aliphatic heterocycles. The Kier molecular flexibility index (Phi) is 6.88. The van der Waals surface area contributed by atoms with Gasteiger partial charge in [0.2, 0.25) is 0 Å². The number of H-pyrrole nitrogens is 1. The van der Waals surface area contributed by atoms with E-state index >= 15 is 0 Å². The number of hydrogen-bond acceptors (Lipinski definition) is 6. The number of rotatable bonds is 7. The minimum atomic E-state index is -0.533. The fourth-order valence-corrected chi connectivity index (χ4v) is 4.25. The number of benzene rings is 1. The number of carbonyl (C=O) groups excluding carboxylic acids is 1. The van der Waals surface area contributed by atoms with Gasteiger partial charge < -0.3 is 10.2 Å². The maximum atomic E-state index is 12.7. The normalized spacial score (nSPS) is 15.5. The molecule has 0 spiro atoms. The van der Waals surface area contributed by atoms with Gasteiger partial charge in [-0.15, -0.1) is 0 Å². The highest BCUT2D eigenvalue weighted by Gasteiger charge is 2.22. The first-order valence-corrected chi connectivity index (χ1v) is 11.4. The van der Waals surface area contributed by atoms with E-state index in [4.69, 9.17) is 0 Å². The first kappa shape index (κ1) is 22.7. The molecule has 2 N–H and O–H groups in total. The third kappa shape index (κ3) is 4.98. The van der Waals surface area contributed by atoms with Gasteiger partial charge in [-0.25, -0.2) is 9.78 Å². The second-order valence-corrected chi connectivity index (χ2v) is 8.42. The fraction of sp³-hybridized carbons (Fsp3) is 0.417. The van der Waals surface area contributed by atoms with Crippen LogP contribution in [0.4, 0.5) is 5.69 Å². The first-order valence-electron chi connectivity index (χ1n) is 11.4. The van der Waals surface area contributed by atoms with Gasteiger partial charge in [0, 0.05) is 57.2 Å². The number of carbonyl (C=O) groups is 1. The van der Waals surface area contributed by atoms with Crippen LogP contribution in [0.1, 0.15) is 30.6 Å². The second-order valence-electron chi connectivity index (χ2n) is 8.42. The molecule has 3 heterocycles. The average molecular weight is 451 g/mol. The van der Waals surface area contributed by atoms with Gasteiger partial charge in [-0.2, -0.15) is 0 Å². The van der Waals surface area contributed by atoms with Crippen LogP contribution in [0.25, 0.3) is 11.0 Å². The average Bonchev–Trinajstić information content (AvgIpc) is 2.85. The van der Waals surface area contributed by atoms with Crippen LogP contribution in [0, 0.1) is 0 Å². The standard InChI is InChI=1S/C24H30N6O3/c1-3-9-30-21-20(23(32)27-24(30)33)14-18(16-25-21)22(31)26-15-17(2)28-10-12-29(13-11-28)19-7-5-4-6-8-19/h4-8,14,16-17H,3,9-13,15H2,1-2H3,(H,26,31)(H,27,32,33). The molecule has 3 aromatic rings. The molecular weight excluding hydrogens is 420 g/mol. The number of aryl methyl sites for hydroxylation is 1. The minimum Gasteiger partial charge on any atom is -0.369 e. The van der Waals surface area contributed by atoms with Gasteiger partial charge in [0.05, 0.1) is 10.9 Å². The zero-order valence-electron chi connectivity index (χ0n) is 19.1. The Hall–Kier alpha value is -3.46. The summed E-state index contributed by atoms with van der Waals surface area (Å²) in [5.74, 6) is -0.285. The zero-order valence-corrected chi connectivity index (χ0v) is 19.1. The lowest BCUT2D eigenvalue weighted by Crippen LogP contribution is -2.52. The molecule has 1 aliphatic rings. The lowest BCUT2D eigenvalue weighted by Gasteiger charge is -2.39. The zero-order chi connectivity index (χ0) is 23.4. The summed E-state index contributed by atoms with van der Waals surface area (Å²) in [6.07, 6.45) is 2.15. The van der Waals surface area contributed by atoms with Crippen molar-refractivity contribution in [1.82, 2.24) is 24.8 Å². The Bertz CT molecular complexity index is 1230. The van der Waals surface area contributed by atoms with E-state index in [0.29, 0.717) is 24.3 Å². The number of para-hydroxylation sites is 1. The van der Waals surface area contributed by atoms with Crippen LogP contribution in [0.2, 0.25) is 0 Å². The molecule has 1 unspecified atom stereocenters. The molecular formula is C24H30N6O3. The van der Waals surface area contributed by atoms with Crippen LogP contribution in [-0.4, -0.2) is 64.1 Å². The maximum Gasteiger partial charge on any atom is 0.329 e. The van der Waals surface area contributed by atoms with Crippen LogP contribution in [0.5, 0.6) is 0 Å². The molecule has 0 bridgehead atoms. The number of piperazine rings is 1. The molecule has 1 atom stereocenters. The molecule has 4 rings (SSSR count). The SMILES string of the molecule is CCCn1c(=O)[nH]c(=O)c2cc(C(=O)NCC(C)N3CCN(c4ccccc4)CC3)cnc21. The predicted molar refractivity (Wildman–Crippen MR) is 129 cm³/mol. The molecule has 1 fully saturated rings. The summed E-state index contributed by atoms with van der Waals surface area (Å²) < 4.78 is 1.43. The van der Waals surface area contributed by atoms with Crippen LogP contribution >= 0.6 is 0 Å². The fourth-order valence-electron chi connectivity index (χ4n) is 4.25. The van der Waals surface area contributed by atoms with E-state index in [2.05, 4.69) is 56.3 Å². The van der Waals surface area contributed by atoms with Gasteiger partial charge in [0.25, 0.3) is 11.5 Å². The van der Waals surface area contributed by atoms with Crippen molar-refractivity contribution in [3.63, 3.8) is 0 Å². The number of nitrogens with zero attached hydrogens (tertiary/aromatic N) is 4. The van der Waals surface area contributed by atoms with E-state index < -0.39 is 11.2 Å². The van der Waals surface area contributed by atoms with Gasteiger partial charge in [-0.3, -0.25) is 24.0 Å². The number of amides is 1. The Morgan fingerprint density at radius 3 is 2.58 bits per heavy atom. The highest BCUT2D eigenvalue weighted by atomic mass is 16.2. The summed E-state index contributed by atoms with van der Waals surface area (Å²) in [7, 11) is 0. The van der Waals surface area contributed by atoms with Crippen LogP contribution in [0.15, 0.2) is 52.2 Å². The van der Waals surface area contributed by atoms with Crippen molar-refractivity contribution in [3.8, 4) is 0 Å². The van der Waals surface area contributed by atoms with E-state index in [1.54, 1.807) is 0 Å². The largest absolute Gasteiger partial charge is 0.369 e. The summed E-state index contributed by atoms with van der Waals surface area (Å²) in [6, 6.07) is 12.1. The Balaban J connectivity index is 1.37. The van der Waals surface area contributed by atoms with E-state index in [9.17, 15) is 14.4 Å². The Morgan fingerprint density at radius 1 is 1.15 bits per heavy atom. The molecule has 2 aromatic heterocycles. The number of nitrogens with one attached hydrogen (secondary N) is 2. The van der Waals surface area contributed by atoms with Crippen molar-refractivity contribution in [2.75, 3.05) is 37.6 Å². The molecule has 1 aromatic carbocycles. The summed E-state index contributed by atoms with van der Waals surface area (Å²) in [5, 5.41) is 3.20. The van der Waals surface area contributed by atoms with Gasteiger partial charge in [-0.1, -0.05) is 25.1 Å². The highest BCUT2D eigenvalue weighted by molar-refractivity contribution is 5.96. The molecule has 0 radical (unpaired) electrons. The summed E-state index contributed by atoms with van der Waals surface area (Å²) in [5.41, 5.74) is 0.818. The van der Waals surface area contributed by atoms with Crippen LogP contribution in [-0.2, 0) is 6.54 Å². The molecule has 9 nitrogen and oxygen atoms in total. The highest BCUT2D eigenvalue weighted by Crippen LogP contribution is 2.16. The van der Waals surface area contributed by atoms with E-state index in [0.717, 1.165) is 32.6 Å². The number of aromatic nitrogens is 3. The van der Waals surface area contributed by atoms with Crippen molar-refractivity contribution >= 4 is 22.6 Å². The molecule has 174 valence electrons. The Morgan fingerprint density at radius 2 is 1.88 bits per heavy atom. The predicted octanol–water partition coefficient (Wildman–Crippen LogP) is 1.44. The molecule has 9 heteroatoms. The third-order valence-electron chi connectivity index (χ3n) is 6.16. The van der Waals surface area contributed by atoms with Crippen molar-refractivity contribution < 1.29 is 4.79 Å². The summed E-state index contributed by atoms with van der Waals surface area (Å²) in [4.78, 5) is 48.4. The topological polar surface area (TPSA) is 103 Å². The second kappa shape index (κ2) is 9.99. The van der Waals surface area contributed by atoms with Gasteiger partial charge in [0.15, 0.2) is 0 Å². The lowest BCUT2D eigenvalue weighted by atomic mass is 10.2. The van der Waals surface area contributed by atoms with E-state index in [-0.39, 0.29) is 17.3 Å². The number of aromatic amines is 1. The summed E-state index contributed by atoms with van der Waals surface area (Å²) >= 11 is 0. The third-order valence-corrected chi connectivity index (χ3v) is 6.16. The number of fused-ring (bicyclic) bond motifs is 1. The minimum absolute atomic E-state index is 0.179. The van der Waals surface area contributed by atoms with Crippen molar-refractivity contribution in [2.45, 2.75) is 32.9 Å². The van der Waals surface area contributed by atoms with E-state index in [1.807, 2.05) is 13.0 Å². The van der Waals surface area contributed by atoms with Crippen molar-refractivity contribution in [2.24, 2.45) is 0 Å². The van der Waals surface area contributed by atoms with Crippen molar-refractivity contribution in [1.29, 1.82) is 0 Å². The lowest BCUT2D eigenvalue weighted by molar-refractivity contribution is 0.0934. The van der Waals surface area contributed by atoms with E-state index in [1.165, 1.54) is 22.5 Å². The number of anilines is 1. The quantitative estimate of drug-likeness (QED) is 0.565. The van der Waals surface area contributed by atoms with Crippen molar-refractivity contribution in [3.05, 3.63) is 69.0 Å². The maximum absolute atomic E-state index is 12.7. The van der Waals surface area contributed by atoms with Crippen LogP contribution in [0.3, 0.4) is 0 Å². The monoisotopic (exact) mass is 450 g/mol. The molecule has 0 aliphatic carbocycles. The Labute approximate surface area is 192 Å². The van der Waals surface area contributed by atoms with Gasteiger partial charge in [0.1, 0.15) is 5.65 Å². The summed E-state index contributed by atoms with van der Waals surface area (Å²) in [6.45, 7) is 8.71. The molecule has 33 heavy (non-hydrogen) atoms. The van der Waals surface area contributed by atoms with Crippen LogP contribution < -0.4 is 21.5 Å². The first-order chi connectivity index (χ1) is 16.0. The number of hydrogen-bond donors (Lipinski definition) is 2. The smallest absolute Gasteiger partial charge is 0.329 e. The number of pyridine rings is 1. The molecule has 0 saturated carbocycles. The molecule has 1 saturated heterocycles.